The number of primary sulfonamides is 1. The highest BCUT2D eigenvalue weighted by Gasteiger charge is 2.22. The molecule has 11 heteroatoms. The second kappa shape index (κ2) is 8.80. The van der Waals surface area contributed by atoms with Gasteiger partial charge in [0.25, 0.3) is 10.0 Å². The lowest BCUT2D eigenvalue weighted by atomic mass is 10.1. The second-order valence-electron chi connectivity index (χ2n) is 6.42. The van der Waals surface area contributed by atoms with Crippen molar-refractivity contribution in [2.45, 2.75) is 36.5 Å². The second-order valence-corrected chi connectivity index (χ2v) is 9.64. The summed E-state index contributed by atoms with van der Waals surface area (Å²) in [4.78, 5) is 10.7. The molecule has 0 aliphatic carbocycles. The molecule has 5 N–H and O–H groups in total. The third-order valence-electron chi connectivity index (χ3n) is 4.13. The first-order chi connectivity index (χ1) is 13.5. The Hall–Kier alpha value is -2.63. The highest BCUT2D eigenvalue weighted by atomic mass is 32.2. The Morgan fingerprint density at radius 3 is 2.34 bits per heavy atom. The van der Waals surface area contributed by atoms with Crippen LogP contribution in [-0.4, -0.2) is 34.5 Å². The predicted octanol–water partition coefficient (Wildman–Crippen LogP) is 2.35. The molecule has 0 heterocycles. The van der Waals surface area contributed by atoms with E-state index in [-0.39, 0.29) is 21.0 Å². The molecule has 0 aromatic heterocycles. The number of nitrogens with one attached hydrogen (secondary N) is 2. The normalized spacial score (nSPS) is 11.8. The predicted molar refractivity (Wildman–Crippen MR) is 110 cm³/mol. The van der Waals surface area contributed by atoms with Crippen molar-refractivity contribution in [1.29, 1.82) is 0 Å². The van der Waals surface area contributed by atoms with Crippen molar-refractivity contribution in [2.24, 2.45) is 5.14 Å². The van der Waals surface area contributed by atoms with Crippen molar-refractivity contribution < 1.29 is 26.7 Å². The molecule has 0 aliphatic rings. The number of benzene rings is 2. The number of anilines is 2. The fourth-order valence-corrected chi connectivity index (χ4v) is 4.44. The fraction of sp³-hybridized carbons (Fsp3) is 0.278. The number of aromatic carboxylic acids is 1. The number of hydrogen-bond donors (Lipinski definition) is 4. The Bertz CT molecular complexity index is 1130. The van der Waals surface area contributed by atoms with Gasteiger partial charge in [-0.15, -0.1) is 0 Å². The Morgan fingerprint density at radius 1 is 1.07 bits per heavy atom. The molecule has 0 saturated heterocycles. The third-order valence-corrected chi connectivity index (χ3v) is 6.55. The van der Waals surface area contributed by atoms with E-state index < -0.39 is 26.0 Å². The molecular formula is C18H23N3O6S2. The standard InChI is InChI=1S/C18H23N3O6S2/c1-3-4-9-20-15-8-7-14(28(19,24)25)11-16(15)21-29(26,27)17-10-13(18(22)23)6-5-12(17)2/h5-8,10-11,20-21H,3-4,9H2,1-2H3,(H,22,23)(H2,19,24,25). The Labute approximate surface area is 170 Å². The van der Waals surface area contributed by atoms with Gasteiger partial charge in [0.2, 0.25) is 10.0 Å². The molecule has 0 spiro atoms. The lowest BCUT2D eigenvalue weighted by molar-refractivity contribution is 0.0696. The van der Waals surface area contributed by atoms with Gasteiger partial charge < -0.3 is 10.4 Å². The highest BCUT2D eigenvalue weighted by molar-refractivity contribution is 7.92. The number of rotatable bonds is 9. The SMILES string of the molecule is CCCCNc1ccc(S(N)(=O)=O)cc1NS(=O)(=O)c1cc(C(=O)O)ccc1C. The van der Waals surface area contributed by atoms with Crippen LogP contribution >= 0.6 is 0 Å². The smallest absolute Gasteiger partial charge is 0.335 e. The van der Waals surface area contributed by atoms with Gasteiger partial charge in [-0.2, -0.15) is 0 Å². The topological polar surface area (TPSA) is 156 Å². The average molecular weight is 442 g/mol. The van der Waals surface area contributed by atoms with Gasteiger partial charge in [0, 0.05) is 6.54 Å². The van der Waals surface area contributed by atoms with Gasteiger partial charge in [-0.3, -0.25) is 4.72 Å². The van der Waals surface area contributed by atoms with E-state index in [0.29, 0.717) is 17.8 Å². The van der Waals surface area contributed by atoms with Crippen LogP contribution in [0.25, 0.3) is 0 Å². The van der Waals surface area contributed by atoms with E-state index in [4.69, 9.17) is 10.2 Å². The molecule has 158 valence electrons. The van der Waals surface area contributed by atoms with Crippen LogP contribution in [0.2, 0.25) is 0 Å². The van der Waals surface area contributed by atoms with E-state index in [1.54, 1.807) is 0 Å². The first-order valence-corrected chi connectivity index (χ1v) is 11.8. The number of hydrogen-bond acceptors (Lipinski definition) is 6. The van der Waals surface area contributed by atoms with Gasteiger partial charge in [-0.25, -0.2) is 26.8 Å². The van der Waals surface area contributed by atoms with Crippen LogP contribution < -0.4 is 15.2 Å². The number of sulfonamides is 2. The minimum atomic E-state index is -4.20. The van der Waals surface area contributed by atoms with Crippen molar-refractivity contribution in [3.8, 4) is 0 Å². The summed E-state index contributed by atoms with van der Waals surface area (Å²) >= 11 is 0. The van der Waals surface area contributed by atoms with Gasteiger partial charge in [0.05, 0.1) is 26.7 Å². The number of carboxylic acids is 1. The zero-order chi connectivity index (χ0) is 21.8. The van der Waals surface area contributed by atoms with E-state index in [1.165, 1.54) is 31.2 Å². The van der Waals surface area contributed by atoms with Crippen LogP contribution in [0.5, 0.6) is 0 Å². The molecule has 0 aliphatic heterocycles. The van der Waals surface area contributed by atoms with Crippen LogP contribution in [0.3, 0.4) is 0 Å². The Morgan fingerprint density at radius 2 is 1.76 bits per heavy atom. The van der Waals surface area contributed by atoms with Crippen molar-refractivity contribution in [3.05, 3.63) is 47.5 Å². The molecule has 0 bridgehead atoms. The van der Waals surface area contributed by atoms with Crippen LogP contribution in [0.15, 0.2) is 46.2 Å². The first-order valence-electron chi connectivity index (χ1n) is 8.73. The minimum Gasteiger partial charge on any atom is -0.478 e. The summed E-state index contributed by atoms with van der Waals surface area (Å²) in [5, 5.41) is 17.4. The fourth-order valence-electron chi connectivity index (χ4n) is 2.56. The van der Waals surface area contributed by atoms with Gasteiger partial charge >= 0.3 is 5.97 Å². The molecule has 29 heavy (non-hydrogen) atoms. The van der Waals surface area contributed by atoms with Crippen molar-refractivity contribution in [3.63, 3.8) is 0 Å². The van der Waals surface area contributed by atoms with Crippen LogP contribution in [0.1, 0.15) is 35.7 Å². The van der Waals surface area contributed by atoms with Crippen molar-refractivity contribution in [1.82, 2.24) is 0 Å². The molecule has 2 aromatic rings. The lowest BCUT2D eigenvalue weighted by Crippen LogP contribution is -2.18. The van der Waals surface area contributed by atoms with Gasteiger partial charge in [0.15, 0.2) is 0 Å². The number of carbonyl (C=O) groups is 1. The van der Waals surface area contributed by atoms with E-state index in [1.807, 2.05) is 6.92 Å². The molecule has 2 aromatic carbocycles. The summed E-state index contributed by atoms with van der Waals surface area (Å²) in [6.45, 7) is 4.07. The maximum atomic E-state index is 12.9. The minimum absolute atomic E-state index is 0.00671. The molecule has 2 rings (SSSR count). The largest absolute Gasteiger partial charge is 0.478 e. The summed E-state index contributed by atoms with van der Waals surface area (Å²) in [5.74, 6) is -1.26. The molecular weight excluding hydrogens is 418 g/mol. The summed E-state index contributed by atoms with van der Waals surface area (Å²) < 4.78 is 51.6. The summed E-state index contributed by atoms with van der Waals surface area (Å²) in [6.07, 6.45) is 1.73. The van der Waals surface area contributed by atoms with E-state index in [2.05, 4.69) is 10.0 Å². The molecule has 0 radical (unpaired) electrons. The monoisotopic (exact) mass is 441 g/mol. The zero-order valence-corrected chi connectivity index (χ0v) is 17.6. The van der Waals surface area contributed by atoms with Crippen LogP contribution in [0, 0.1) is 6.92 Å². The van der Waals surface area contributed by atoms with Crippen LogP contribution in [0.4, 0.5) is 11.4 Å². The molecule has 0 unspecified atom stereocenters. The molecule has 0 amide bonds. The van der Waals surface area contributed by atoms with Gasteiger partial charge in [0.1, 0.15) is 0 Å². The maximum absolute atomic E-state index is 12.9. The first kappa shape index (κ1) is 22.7. The molecule has 9 nitrogen and oxygen atoms in total. The lowest BCUT2D eigenvalue weighted by Gasteiger charge is -2.16. The van der Waals surface area contributed by atoms with Crippen LogP contribution in [-0.2, 0) is 20.0 Å². The molecule has 0 fully saturated rings. The zero-order valence-electron chi connectivity index (χ0n) is 16.0. The van der Waals surface area contributed by atoms with Crippen molar-refractivity contribution in [2.75, 3.05) is 16.6 Å². The molecule has 0 saturated carbocycles. The summed E-state index contributed by atoms with van der Waals surface area (Å²) in [6, 6.07) is 7.56. The Kier molecular flexibility index (Phi) is 6.88. The third kappa shape index (κ3) is 5.68. The average Bonchev–Trinajstić information content (AvgIpc) is 2.62. The molecule has 0 atom stereocenters. The number of aryl methyl sites for hydroxylation is 1. The Balaban J connectivity index is 2.52. The number of carboxylic acid groups (broad SMARTS) is 1. The van der Waals surface area contributed by atoms with Gasteiger partial charge in [-0.1, -0.05) is 19.4 Å². The summed E-state index contributed by atoms with van der Waals surface area (Å²) in [5.41, 5.74) is 0.523. The van der Waals surface area contributed by atoms with E-state index in [0.717, 1.165) is 25.0 Å². The maximum Gasteiger partial charge on any atom is 0.335 e. The van der Waals surface area contributed by atoms with E-state index in [9.17, 15) is 21.6 Å². The van der Waals surface area contributed by atoms with Gasteiger partial charge in [-0.05, 0) is 49.2 Å². The quantitative estimate of drug-likeness (QED) is 0.435. The number of nitrogens with two attached hydrogens (primary N) is 1. The number of unbranched alkanes of at least 4 members (excludes halogenated alkanes) is 1. The van der Waals surface area contributed by atoms with E-state index >= 15 is 0 Å². The van der Waals surface area contributed by atoms with Crippen molar-refractivity contribution >= 4 is 37.4 Å². The summed E-state index contributed by atoms with van der Waals surface area (Å²) in [7, 11) is -8.26. The highest BCUT2D eigenvalue weighted by Crippen LogP contribution is 2.29.